The number of hydrogen-bond acceptors (Lipinski definition) is 4. The van der Waals surface area contributed by atoms with Gasteiger partial charge in [-0.15, -0.1) is 0 Å². The van der Waals surface area contributed by atoms with Crippen LogP contribution in [0.2, 0.25) is 0 Å². The summed E-state index contributed by atoms with van der Waals surface area (Å²) in [6.45, 7) is 3.82. The third-order valence-electron chi connectivity index (χ3n) is 3.42. The van der Waals surface area contributed by atoms with Gasteiger partial charge in [-0.05, 0) is 24.1 Å². The molecule has 0 spiro atoms. The topological polar surface area (TPSA) is 77.2 Å². The summed E-state index contributed by atoms with van der Waals surface area (Å²) in [6.07, 6.45) is 1.47. The molecule has 1 aromatic heterocycles. The van der Waals surface area contributed by atoms with Crippen LogP contribution in [0.15, 0.2) is 36.5 Å². The number of benzene rings is 1. The molecule has 2 rings (SSSR count). The lowest BCUT2D eigenvalue weighted by atomic mass is 10.1. The molecule has 5 nitrogen and oxygen atoms in total. The zero-order chi connectivity index (χ0) is 17.7. The van der Waals surface area contributed by atoms with Crippen molar-refractivity contribution >= 4 is 5.91 Å². The van der Waals surface area contributed by atoms with Crippen molar-refractivity contribution in [1.29, 1.82) is 0 Å². The maximum Gasteiger partial charge on any atom is 0.237 e. The van der Waals surface area contributed by atoms with Crippen molar-refractivity contribution in [1.82, 2.24) is 10.3 Å². The molecule has 1 atom stereocenters. The highest BCUT2D eigenvalue weighted by Gasteiger charge is 2.18. The van der Waals surface area contributed by atoms with Crippen molar-refractivity contribution in [3.8, 4) is 11.6 Å². The number of rotatable bonds is 6. The summed E-state index contributed by atoms with van der Waals surface area (Å²) in [5, 5.41) is 2.69. The lowest BCUT2D eigenvalue weighted by Gasteiger charge is -2.16. The third-order valence-corrected chi connectivity index (χ3v) is 3.42. The molecular formula is C17H19F2N3O2. The Morgan fingerprint density at radius 1 is 1.33 bits per heavy atom. The summed E-state index contributed by atoms with van der Waals surface area (Å²) in [4.78, 5) is 16.0. The molecule has 0 aliphatic rings. The van der Waals surface area contributed by atoms with E-state index >= 15 is 0 Å². The molecule has 128 valence electrons. The van der Waals surface area contributed by atoms with Crippen LogP contribution in [-0.4, -0.2) is 16.9 Å². The number of amides is 1. The van der Waals surface area contributed by atoms with E-state index in [1.807, 2.05) is 13.8 Å². The van der Waals surface area contributed by atoms with E-state index in [-0.39, 0.29) is 30.0 Å². The predicted molar refractivity (Wildman–Crippen MR) is 85.3 cm³/mol. The van der Waals surface area contributed by atoms with E-state index in [4.69, 9.17) is 10.5 Å². The predicted octanol–water partition coefficient (Wildman–Crippen LogP) is 2.75. The van der Waals surface area contributed by atoms with Gasteiger partial charge in [-0.2, -0.15) is 0 Å². The smallest absolute Gasteiger partial charge is 0.237 e. The van der Waals surface area contributed by atoms with Crippen LogP contribution in [0.4, 0.5) is 8.78 Å². The Balaban J connectivity index is 2.11. The average molecular weight is 335 g/mol. The van der Waals surface area contributed by atoms with Gasteiger partial charge in [0, 0.05) is 24.4 Å². The van der Waals surface area contributed by atoms with Gasteiger partial charge in [0.1, 0.15) is 5.82 Å². The second-order valence-corrected chi connectivity index (χ2v) is 5.63. The Bertz CT molecular complexity index is 723. The van der Waals surface area contributed by atoms with Gasteiger partial charge in [0.25, 0.3) is 0 Å². The molecule has 1 aromatic carbocycles. The minimum atomic E-state index is -0.836. The molecule has 0 saturated heterocycles. The van der Waals surface area contributed by atoms with Crippen molar-refractivity contribution in [2.75, 3.05) is 0 Å². The Hall–Kier alpha value is -2.54. The second-order valence-electron chi connectivity index (χ2n) is 5.63. The first-order chi connectivity index (χ1) is 11.4. The largest absolute Gasteiger partial charge is 0.436 e. The van der Waals surface area contributed by atoms with Gasteiger partial charge in [-0.3, -0.25) is 4.79 Å². The molecule has 1 heterocycles. The Kier molecular flexibility index (Phi) is 5.81. The highest BCUT2D eigenvalue weighted by molar-refractivity contribution is 5.81. The number of carbonyl (C=O) groups excluding carboxylic acids is 1. The minimum absolute atomic E-state index is 0.00271. The van der Waals surface area contributed by atoms with Gasteiger partial charge in [0.15, 0.2) is 11.6 Å². The van der Waals surface area contributed by atoms with E-state index < -0.39 is 17.7 Å². The summed E-state index contributed by atoms with van der Waals surface area (Å²) < 4.78 is 32.0. The molecule has 0 radical (unpaired) electrons. The molecule has 0 aliphatic carbocycles. The maximum atomic E-state index is 13.7. The molecule has 0 aliphatic heterocycles. The number of halogens is 2. The van der Waals surface area contributed by atoms with E-state index in [1.54, 1.807) is 12.1 Å². The van der Waals surface area contributed by atoms with Crippen molar-refractivity contribution in [3.05, 3.63) is 53.7 Å². The third kappa shape index (κ3) is 4.48. The average Bonchev–Trinajstić information content (AvgIpc) is 2.55. The lowest BCUT2D eigenvalue weighted by Crippen LogP contribution is -2.43. The van der Waals surface area contributed by atoms with Crippen LogP contribution in [0.3, 0.4) is 0 Å². The molecule has 1 amide bonds. The fourth-order valence-electron chi connectivity index (χ4n) is 1.92. The first-order valence-electron chi connectivity index (χ1n) is 7.48. The van der Waals surface area contributed by atoms with Crippen molar-refractivity contribution in [2.24, 2.45) is 11.7 Å². The molecule has 2 aromatic rings. The van der Waals surface area contributed by atoms with Crippen molar-refractivity contribution < 1.29 is 18.3 Å². The number of ether oxygens (including phenoxy) is 1. The summed E-state index contributed by atoms with van der Waals surface area (Å²) in [5.74, 6) is -1.85. The number of nitrogens with zero attached hydrogens (tertiary/aromatic N) is 1. The molecule has 0 bridgehead atoms. The van der Waals surface area contributed by atoms with Gasteiger partial charge in [0.2, 0.25) is 11.8 Å². The van der Waals surface area contributed by atoms with E-state index in [2.05, 4.69) is 10.3 Å². The highest BCUT2D eigenvalue weighted by Crippen LogP contribution is 2.26. The first-order valence-corrected chi connectivity index (χ1v) is 7.48. The Labute approximate surface area is 138 Å². The standard InChI is InChI=1S/C17H19F2N3O2/c1-10(2)15(20)16(23)22-9-11-4-3-7-21-17(11)24-14-6-5-12(18)8-13(14)19/h3-8,10,15H,9,20H2,1-2H3,(H,22,23). The number of carbonyl (C=O) groups is 1. The van der Waals surface area contributed by atoms with Crippen LogP contribution in [0.1, 0.15) is 19.4 Å². The summed E-state index contributed by atoms with van der Waals surface area (Å²) in [5.41, 5.74) is 6.32. The number of nitrogens with two attached hydrogens (primary N) is 1. The van der Waals surface area contributed by atoms with Gasteiger partial charge in [0.05, 0.1) is 6.04 Å². The molecule has 1 unspecified atom stereocenters. The van der Waals surface area contributed by atoms with Gasteiger partial charge in [-0.1, -0.05) is 19.9 Å². The van der Waals surface area contributed by atoms with Gasteiger partial charge >= 0.3 is 0 Å². The summed E-state index contributed by atoms with van der Waals surface area (Å²) in [7, 11) is 0. The van der Waals surface area contributed by atoms with E-state index in [0.717, 1.165) is 12.1 Å². The van der Waals surface area contributed by atoms with Crippen molar-refractivity contribution in [3.63, 3.8) is 0 Å². The molecule has 3 N–H and O–H groups in total. The van der Waals surface area contributed by atoms with Crippen LogP contribution in [0.5, 0.6) is 11.6 Å². The van der Waals surface area contributed by atoms with Gasteiger partial charge < -0.3 is 15.8 Å². The van der Waals surface area contributed by atoms with E-state index in [0.29, 0.717) is 5.56 Å². The fraction of sp³-hybridized carbons (Fsp3) is 0.294. The molecule has 0 fully saturated rings. The van der Waals surface area contributed by atoms with Crippen LogP contribution in [0, 0.1) is 17.6 Å². The monoisotopic (exact) mass is 335 g/mol. The zero-order valence-corrected chi connectivity index (χ0v) is 13.4. The number of nitrogens with one attached hydrogen (secondary N) is 1. The minimum Gasteiger partial charge on any atom is -0.436 e. The van der Waals surface area contributed by atoms with Crippen LogP contribution in [-0.2, 0) is 11.3 Å². The number of aromatic nitrogens is 1. The van der Waals surface area contributed by atoms with E-state index in [9.17, 15) is 13.6 Å². The fourth-order valence-corrected chi connectivity index (χ4v) is 1.92. The van der Waals surface area contributed by atoms with Crippen LogP contribution >= 0.6 is 0 Å². The molecule has 24 heavy (non-hydrogen) atoms. The summed E-state index contributed by atoms with van der Waals surface area (Å²) in [6, 6.07) is 5.71. The van der Waals surface area contributed by atoms with Crippen LogP contribution < -0.4 is 15.8 Å². The Morgan fingerprint density at radius 3 is 2.75 bits per heavy atom. The number of hydrogen-bond donors (Lipinski definition) is 2. The maximum absolute atomic E-state index is 13.7. The molecule has 0 saturated carbocycles. The van der Waals surface area contributed by atoms with Crippen molar-refractivity contribution in [2.45, 2.75) is 26.4 Å². The first kappa shape index (κ1) is 17.8. The lowest BCUT2D eigenvalue weighted by molar-refractivity contribution is -0.123. The highest BCUT2D eigenvalue weighted by atomic mass is 19.1. The van der Waals surface area contributed by atoms with Crippen LogP contribution in [0.25, 0.3) is 0 Å². The van der Waals surface area contributed by atoms with Gasteiger partial charge in [-0.25, -0.2) is 13.8 Å². The Morgan fingerprint density at radius 2 is 2.08 bits per heavy atom. The SMILES string of the molecule is CC(C)C(N)C(=O)NCc1cccnc1Oc1ccc(F)cc1F. The summed E-state index contributed by atoms with van der Waals surface area (Å²) >= 11 is 0. The quantitative estimate of drug-likeness (QED) is 0.851. The second kappa shape index (κ2) is 7.83. The molecule has 7 heteroatoms. The normalized spacial score (nSPS) is 12.1. The molecular weight excluding hydrogens is 316 g/mol. The zero-order valence-electron chi connectivity index (χ0n) is 13.4. The number of pyridine rings is 1. The van der Waals surface area contributed by atoms with E-state index in [1.165, 1.54) is 12.3 Å².